The van der Waals surface area contributed by atoms with Gasteiger partial charge in [-0.1, -0.05) is 98.8 Å². The van der Waals surface area contributed by atoms with E-state index in [2.05, 4.69) is 128 Å². The number of nitrogens with one attached hydrogen (secondary N) is 1. The van der Waals surface area contributed by atoms with Gasteiger partial charge in [0.15, 0.2) is 0 Å². The van der Waals surface area contributed by atoms with Crippen LogP contribution >= 0.6 is 0 Å². The second-order valence-corrected chi connectivity index (χ2v) is 9.94. The van der Waals surface area contributed by atoms with E-state index in [4.69, 9.17) is 0 Å². The van der Waals surface area contributed by atoms with Crippen molar-refractivity contribution >= 4 is 21.8 Å². The van der Waals surface area contributed by atoms with Crippen molar-refractivity contribution < 1.29 is 0 Å². The molecule has 0 unspecified atom stereocenters. The molecule has 0 atom stereocenters. The molecule has 0 saturated carbocycles. The molecule has 0 fully saturated rings. The number of para-hydroxylation sites is 1. The molecule has 0 radical (unpaired) electrons. The minimum atomic E-state index is 0.0510. The van der Waals surface area contributed by atoms with Crippen LogP contribution in [0.2, 0.25) is 0 Å². The van der Waals surface area contributed by atoms with Gasteiger partial charge in [0, 0.05) is 27.2 Å². The molecule has 0 spiro atoms. The molecule has 162 valence electrons. The maximum Gasteiger partial charge on any atom is 0.0465 e. The first-order chi connectivity index (χ1) is 16.6. The van der Waals surface area contributed by atoms with Crippen molar-refractivity contribution in [1.82, 2.24) is 4.98 Å². The van der Waals surface area contributed by atoms with E-state index < -0.39 is 0 Å². The standard InChI is InChI=1S/C33H25N/c1-33(2)29-9-5-3-7-25(29)27-19-23(15-17-30(27)33)21-11-13-22(14-12-21)24-16-18-32-28(20-24)26-8-4-6-10-31(26)34-32/h3-20,34H,1-2H3. The summed E-state index contributed by atoms with van der Waals surface area (Å²) in [6.07, 6.45) is 0. The highest BCUT2D eigenvalue weighted by Gasteiger charge is 2.34. The molecule has 0 amide bonds. The van der Waals surface area contributed by atoms with E-state index in [0.29, 0.717) is 0 Å². The Morgan fingerprint density at radius 2 is 1.06 bits per heavy atom. The van der Waals surface area contributed by atoms with Crippen LogP contribution < -0.4 is 0 Å². The van der Waals surface area contributed by atoms with Gasteiger partial charge in [0.1, 0.15) is 0 Å². The molecule has 0 bridgehead atoms. The van der Waals surface area contributed by atoms with E-state index in [-0.39, 0.29) is 5.41 Å². The lowest BCUT2D eigenvalue weighted by atomic mass is 9.82. The predicted octanol–water partition coefficient (Wildman–Crippen LogP) is 8.96. The van der Waals surface area contributed by atoms with Gasteiger partial charge in [0.25, 0.3) is 0 Å². The second kappa shape index (κ2) is 6.95. The topological polar surface area (TPSA) is 15.8 Å². The van der Waals surface area contributed by atoms with Gasteiger partial charge in [-0.3, -0.25) is 0 Å². The molecule has 1 aliphatic rings. The van der Waals surface area contributed by atoms with Crippen molar-refractivity contribution in [3.05, 3.63) is 120 Å². The molecule has 0 aliphatic heterocycles. The monoisotopic (exact) mass is 435 g/mol. The van der Waals surface area contributed by atoms with Crippen molar-refractivity contribution in [2.75, 3.05) is 0 Å². The van der Waals surface area contributed by atoms with Crippen LogP contribution in [0.5, 0.6) is 0 Å². The number of hydrogen-bond donors (Lipinski definition) is 1. The molecule has 34 heavy (non-hydrogen) atoms. The predicted molar refractivity (Wildman–Crippen MR) is 144 cm³/mol. The molecule has 1 heterocycles. The summed E-state index contributed by atoms with van der Waals surface area (Å²) in [5, 5.41) is 2.55. The molecule has 1 aliphatic carbocycles. The molecule has 1 nitrogen and oxygen atoms in total. The average molecular weight is 436 g/mol. The summed E-state index contributed by atoms with van der Waals surface area (Å²) in [5.41, 5.74) is 13.0. The van der Waals surface area contributed by atoms with Gasteiger partial charge in [-0.15, -0.1) is 0 Å². The number of benzene rings is 5. The summed E-state index contributed by atoms with van der Waals surface area (Å²) in [4.78, 5) is 3.52. The first-order valence-corrected chi connectivity index (χ1v) is 12.0. The van der Waals surface area contributed by atoms with Crippen molar-refractivity contribution in [3.63, 3.8) is 0 Å². The zero-order valence-corrected chi connectivity index (χ0v) is 19.4. The van der Waals surface area contributed by atoms with Gasteiger partial charge in [0.2, 0.25) is 0 Å². The summed E-state index contributed by atoms with van der Waals surface area (Å²) in [7, 11) is 0. The Bertz CT molecular complexity index is 1710. The Hall–Kier alpha value is -4.10. The number of aromatic nitrogens is 1. The summed E-state index contributed by atoms with van der Waals surface area (Å²) < 4.78 is 0. The summed E-state index contributed by atoms with van der Waals surface area (Å²) in [6, 6.07) is 40.0. The van der Waals surface area contributed by atoms with Crippen LogP contribution in [0.15, 0.2) is 109 Å². The van der Waals surface area contributed by atoms with Gasteiger partial charge >= 0.3 is 0 Å². The number of fused-ring (bicyclic) bond motifs is 6. The van der Waals surface area contributed by atoms with Gasteiger partial charge in [0.05, 0.1) is 0 Å². The molecular formula is C33H25N. The Morgan fingerprint density at radius 3 is 1.88 bits per heavy atom. The minimum Gasteiger partial charge on any atom is -0.355 e. The van der Waals surface area contributed by atoms with Crippen LogP contribution in [0.25, 0.3) is 55.2 Å². The normalized spacial score (nSPS) is 13.8. The van der Waals surface area contributed by atoms with Crippen LogP contribution in [0.1, 0.15) is 25.0 Å². The van der Waals surface area contributed by atoms with Crippen LogP contribution in [-0.2, 0) is 5.41 Å². The SMILES string of the molecule is CC1(C)c2ccccc2-c2cc(-c3ccc(-c4ccc5[nH]c6ccccc6c5c4)cc3)ccc21. The van der Waals surface area contributed by atoms with Crippen LogP contribution in [0.4, 0.5) is 0 Å². The zero-order valence-electron chi connectivity index (χ0n) is 19.4. The van der Waals surface area contributed by atoms with Crippen molar-refractivity contribution in [1.29, 1.82) is 0 Å². The Kier molecular flexibility index (Phi) is 3.96. The van der Waals surface area contributed by atoms with Gasteiger partial charge in [-0.05, 0) is 68.8 Å². The van der Waals surface area contributed by atoms with E-state index >= 15 is 0 Å². The molecule has 1 aromatic heterocycles. The molecule has 7 rings (SSSR count). The third-order valence-electron chi connectivity index (χ3n) is 7.64. The Labute approximate surface area is 199 Å². The third kappa shape index (κ3) is 2.74. The van der Waals surface area contributed by atoms with Gasteiger partial charge in [-0.25, -0.2) is 0 Å². The van der Waals surface area contributed by atoms with E-state index in [1.807, 2.05) is 0 Å². The number of H-pyrrole nitrogens is 1. The van der Waals surface area contributed by atoms with Crippen LogP contribution in [-0.4, -0.2) is 4.98 Å². The van der Waals surface area contributed by atoms with Crippen molar-refractivity contribution in [2.45, 2.75) is 19.3 Å². The molecule has 1 heteroatoms. The maximum absolute atomic E-state index is 3.52. The summed E-state index contributed by atoms with van der Waals surface area (Å²) in [6.45, 7) is 4.66. The number of hydrogen-bond acceptors (Lipinski definition) is 0. The van der Waals surface area contributed by atoms with E-state index in [1.54, 1.807) is 0 Å². The Morgan fingerprint density at radius 1 is 0.471 bits per heavy atom. The quantitative estimate of drug-likeness (QED) is 0.279. The molecule has 0 saturated heterocycles. The highest BCUT2D eigenvalue weighted by atomic mass is 14.7. The smallest absolute Gasteiger partial charge is 0.0465 e. The lowest BCUT2D eigenvalue weighted by molar-refractivity contribution is 0.660. The molecular weight excluding hydrogens is 410 g/mol. The number of rotatable bonds is 2. The van der Waals surface area contributed by atoms with E-state index in [1.165, 1.54) is 66.3 Å². The van der Waals surface area contributed by atoms with E-state index in [9.17, 15) is 0 Å². The lowest BCUT2D eigenvalue weighted by Gasteiger charge is -2.21. The first kappa shape index (κ1) is 19.4. The van der Waals surface area contributed by atoms with E-state index in [0.717, 1.165) is 0 Å². The average Bonchev–Trinajstić information content (AvgIpc) is 3.36. The Balaban J connectivity index is 1.28. The third-order valence-corrected chi connectivity index (χ3v) is 7.64. The number of aromatic amines is 1. The van der Waals surface area contributed by atoms with Crippen LogP contribution in [0.3, 0.4) is 0 Å². The minimum absolute atomic E-state index is 0.0510. The lowest BCUT2D eigenvalue weighted by Crippen LogP contribution is -2.14. The fourth-order valence-electron chi connectivity index (χ4n) is 5.78. The first-order valence-electron chi connectivity index (χ1n) is 12.0. The van der Waals surface area contributed by atoms with Crippen molar-refractivity contribution in [2.24, 2.45) is 0 Å². The maximum atomic E-state index is 3.52. The molecule has 5 aromatic carbocycles. The second-order valence-electron chi connectivity index (χ2n) is 9.94. The fourth-order valence-corrected chi connectivity index (χ4v) is 5.78. The summed E-state index contributed by atoms with van der Waals surface area (Å²) >= 11 is 0. The fraction of sp³-hybridized carbons (Fsp3) is 0.0909. The highest BCUT2D eigenvalue weighted by Crippen LogP contribution is 2.49. The highest BCUT2D eigenvalue weighted by molar-refractivity contribution is 6.08. The zero-order chi connectivity index (χ0) is 22.9. The largest absolute Gasteiger partial charge is 0.355 e. The van der Waals surface area contributed by atoms with Crippen molar-refractivity contribution in [3.8, 4) is 33.4 Å². The van der Waals surface area contributed by atoms with Gasteiger partial charge < -0.3 is 4.98 Å². The summed E-state index contributed by atoms with van der Waals surface area (Å²) in [5.74, 6) is 0. The van der Waals surface area contributed by atoms with Gasteiger partial charge in [-0.2, -0.15) is 0 Å². The molecule has 6 aromatic rings. The molecule has 1 N–H and O–H groups in total. The van der Waals surface area contributed by atoms with Crippen LogP contribution in [0, 0.1) is 0 Å².